The fraction of sp³-hybridized carbons (Fsp3) is 0.100. The molecule has 0 bridgehead atoms. The molecule has 0 amide bonds. The minimum Gasteiger partial charge on any atom is -0.397 e. The van der Waals surface area contributed by atoms with E-state index in [4.69, 9.17) is 17.3 Å². The third-order valence-corrected chi connectivity index (χ3v) is 4.13. The molecule has 0 saturated carbocycles. The number of aryl methyl sites for hydroxylation is 1. The first-order chi connectivity index (χ1) is 8.40. The van der Waals surface area contributed by atoms with Crippen LogP contribution < -0.4 is 10.5 Å². The van der Waals surface area contributed by atoms with Crippen molar-refractivity contribution < 1.29 is 12.9 Å². The molecule has 6 nitrogen and oxygen atoms in total. The number of nitrogen functional groups attached to an aromatic ring is 1. The van der Waals surface area contributed by atoms with E-state index in [1.807, 2.05) is 0 Å². The van der Waals surface area contributed by atoms with Crippen LogP contribution in [0, 0.1) is 6.92 Å². The van der Waals surface area contributed by atoms with E-state index >= 15 is 0 Å². The average molecular weight is 288 g/mol. The van der Waals surface area contributed by atoms with Crippen molar-refractivity contribution in [3.05, 3.63) is 35.2 Å². The molecule has 0 atom stereocenters. The lowest BCUT2D eigenvalue weighted by molar-refractivity contribution is 0.420. The van der Waals surface area contributed by atoms with Crippen LogP contribution >= 0.6 is 11.6 Å². The molecule has 0 aliphatic heterocycles. The number of sulfonamides is 1. The summed E-state index contributed by atoms with van der Waals surface area (Å²) in [6.45, 7) is 1.68. The van der Waals surface area contributed by atoms with E-state index in [2.05, 4.69) is 14.4 Å². The lowest BCUT2D eigenvalue weighted by Gasteiger charge is -2.09. The third-order valence-electron chi connectivity index (χ3n) is 2.25. The van der Waals surface area contributed by atoms with Gasteiger partial charge in [0.15, 0.2) is 0 Å². The molecular weight excluding hydrogens is 278 g/mol. The summed E-state index contributed by atoms with van der Waals surface area (Å²) in [7, 11) is -3.73. The van der Waals surface area contributed by atoms with Crippen LogP contribution in [-0.4, -0.2) is 13.6 Å². The van der Waals surface area contributed by atoms with Gasteiger partial charge in [0, 0.05) is 0 Å². The molecule has 1 heterocycles. The summed E-state index contributed by atoms with van der Waals surface area (Å²) in [4.78, 5) is 0.0306. The van der Waals surface area contributed by atoms with Crippen LogP contribution in [-0.2, 0) is 10.0 Å². The maximum Gasteiger partial charge on any atom is 0.262 e. The molecule has 1 aromatic heterocycles. The maximum absolute atomic E-state index is 12.0. The second kappa shape index (κ2) is 4.51. The first kappa shape index (κ1) is 12.7. The van der Waals surface area contributed by atoms with E-state index in [0.29, 0.717) is 10.6 Å². The minimum atomic E-state index is -3.73. The van der Waals surface area contributed by atoms with Gasteiger partial charge in [-0.15, -0.1) is 0 Å². The number of hydrogen-bond donors (Lipinski definition) is 2. The van der Waals surface area contributed by atoms with Crippen molar-refractivity contribution in [2.24, 2.45) is 0 Å². The number of nitrogens with one attached hydrogen (secondary N) is 1. The van der Waals surface area contributed by atoms with Gasteiger partial charge in [0.1, 0.15) is 12.0 Å². The zero-order valence-electron chi connectivity index (χ0n) is 9.34. The van der Waals surface area contributed by atoms with Gasteiger partial charge in [-0.05, 0) is 24.6 Å². The highest BCUT2D eigenvalue weighted by molar-refractivity contribution is 7.92. The van der Waals surface area contributed by atoms with Gasteiger partial charge >= 0.3 is 0 Å². The Balaban J connectivity index is 2.42. The molecule has 8 heteroatoms. The minimum absolute atomic E-state index is 0.0306. The lowest BCUT2D eigenvalue weighted by atomic mass is 10.2. The van der Waals surface area contributed by atoms with Crippen molar-refractivity contribution in [2.75, 3.05) is 10.5 Å². The zero-order chi connectivity index (χ0) is 13.3. The number of nitrogens with two attached hydrogens (primary N) is 1. The van der Waals surface area contributed by atoms with Crippen molar-refractivity contribution in [3.63, 3.8) is 0 Å². The van der Waals surface area contributed by atoms with Gasteiger partial charge in [0.05, 0.1) is 21.8 Å². The van der Waals surface area contributed by atoms with Crippen LogP contribution in [0.1, 0.15) is 5.56 Å². The van der Waals surface area contributed by atoms with Gasteiger partial charge in [0.2, 0.25) is 0 Å². The Morgan fingerprint density at radius 1 is 1.44 bits per heavy atom. The summed E-state index contributed by atoms with van der Waals surface area (Å²) in [6.07, 6.45) is 2.44. The highest BCUT2D eigenvalue weighted by atomic mass is 35.5. The predicted molar refractivity (Wildman–Crippen MR) is 67.9 cm³/mol. The van der Waals surface area contributed by atoms with E-state index < -0.39 is 10.0 Å². The fourth-order valence-corrected chi connectivity index (χ4v) is 2.64. The van der Waals surface area contributed by atoms with Crippen molar-refractivity contribution in [2.45, 2.75) is 11.8 Å². The first-order valence-electron chi connectivity index (χ1n) is 4.88. The monoisotopic (exact) mass is 287 g/mol. The van der Waals surface area contributed by atoms with Gasteiger partial charge in [-0.3, -0.25) is 4.72 Å². The molecule has 0 aliphatic carbocycles. The van der Waals surface area contributed by atoms with Gasteiger partial charge in [-0.25, -0.2) is 8.42 Å². The first-order valence-corrected chi connectivity index (χ1v) is 6.74. The molecule has 96 valence electrons. The van der Waals surface area contributed by atoms with Crippen molar-refractivity contribution in [1.82, 2.24) is 5.16 Å². The number of halogens is 1. The Morgan fingerprint density at radius 3 is 2.72 bits per heavy atom. The Morgan fingerprint density at radius 2 is 2.17 bits per heavy atom. The zero-order valence-corrected chi connectivity index (χ0v) is 10.9. The summed E-state index contributed by atoms with van der Waals surface area (Å²) in [5.41, 5.74) is 6.67. The Bertz CT molecular complexity index is 645. The number of anilines is 2. The summed E-state index contributed by atoms with van der Waals surface area (Å²) < 4.78 is 30.9. The average Bonchev–Trinajstić information content (AvgIpc) is 2.77. The van der Waals surface area contributed by atoms with Gasteiger partial charge in [-0.1, -0.05) is 16.8 Å². The van der Waals surface area contributed by atoms with Crippen LogP contribution in [0.15, 0.2) is 34.0 Å². The molecule has 0 radical (unpaired) electrons. The molecule has 0 spiro atoms. The van der Waals surface area contributed by atoms with Crippen LogP contribution in [0.2, 0.25) is 5.02 Å². The summed E-state index contributed by atoms with van der Waals surface area (Å²) in [6, 6.07) is 2.74. The van der Waals surface area contributed by atoms with Gasteiger partial charge < -0.3 is 10.3 Å². The topological polar surface area (TPSA) is 98.2 Å². The van der Waals surface area contributed by atoms with Crippen LogP contribution in [0.3, 0.4) is 0 Å². The van der Waals surface area contributed by atoms with Crippen molar-refractivity contribution >= 4 is 33.0 Å². The number of aromatic nitrogens is 1. The van der Waals surface area contributed by atoms with Crippen LogP contribution in [0.25, 0.3) is 0 Å². The van der Waals surface area contributed by atoms with E-state index in [9.17, 15) is 8.42 Å². The predicted octanol–water partition coefficient (Wildman–Crippen LogP) is 2.02. The number of nitrogens with zero attached hydrogens (tertiary/aromatic N) is 1. The molecule has 3 N–H and O–H groups in total. The molecule has 0 saturated heterocycles. The fourth-order valence-electron chi connectivity index (χ4n) is 1.39. The maximum atomic E-state index is 12.0. The molecule has 0 unspecified atom stereocenters. The van der Waals surface area contributed by atoms with E-state index in [1.165, 1.54) is 24.6 Å². The number of hydrogen-bond acceptors (Lipinski definition) is 5. The molecular formula is C10H10ClN3O3S. The third kappa shape index (κ3) is 2.41. The molecule has 0 aliphatic rings. The number of rotatable bonds is 3. The SMILES string of the molecule is Cc1cc(S(=O)(=O)Nc2cnoc2)cc(N)c1Cl. The second-order valence-electron chi connectivity index (χ2n) is 3.66. The van der Waals surface area contributed by atoms with Crippen LogP contribution in [0.5, 0.6) is 0 Å². The molecule has 0 fully saturated rings. The number of benzene rings is 1. The van der Waals surface area contributed by atoms with Crippen molar-refractivity contribution in [1.29, 1.82) is 0 Å². The van der Waals surface area contributed by atoms with Gasteiger partial charge in [0.25, 0.3) is 10.0 Å². The van der Waals surface area contributed by atoms with Crippen molar-refractivity contribution in [3.8, 4) is 0 Å². The molecule has 18 heavy (non-hydrogen) atoms. The van der Waals surface area contributed by atoms with E-state index in [-0.39, 0.29) is 16.3 Å². The summed E-state index contributed by atoms with van der Waals surface area (Å²) in [5.74, 6) is 0. The quantitative estimate of drug-likeness (QED) is 0.842. The second-order valence-corrected chi connectivity index (χ2v) is 5.72. The Labute approximate surface area is 109 Å². The molecule has 2 rings (SSSR count). The normalized spacial score (nSPS) is 11.4. The summed E-state index contributed by atoms with van der Waals surface area (Å²) >= 11 is 5.88. The Kier molecular flexibility index (Phi) is 3.18. The summed E-state index contributed by atoms with van der Waals surface area (Å²) in [5, 5.41) is 3.75. The van der Waals surface area contributed by atoms with Crippen LogP contribution in [0.4, 0.5) is 11.4 Å². The van der Waals surface area contributed by atoms with Gasteiger partial charge in [-0.2, -0.15) is 0 Å². The lowest BCUT2D eigenvalue weighted by Crippen LogP contribution is -2.13. The largest absolute Gasteiger partial charge is 0.397 e. The highest BCUT2D eigenvalue weighted by Gasteiger charge is 2.17. The van der Waals surface area contributed by atoms with E-state index in [1.54, 1.807) is 6.92 Å². The standard InChI is InChI=1S/C10H10ClN3O3S/c1-6-2-8(3-9(12)10(6)11)18(15,16)14-7-4-13-17-5-7/h2-5,14H,12H2,1H3. The Hall–Kier alpha value is -1.73. The molecule has 1 aromatic carbocycles. The highest BCUT2D eigenvalue weighted by Crippen LogP contribution is 2.27. The smallest absolute Gasteiger partial charge is 0.262 e. The van der Waals surface area contributed by atoms with E-state index in [0.717, 1.165) is 0 Å². The molecule has 2 aromatic rings.